The topological polar surface area (TPSA) is 50.9 Å². The summed E-state index contributed by atoms with van der Waals surface area (Å²) in [5.41, 5.74) is 1.03. The predicted octanol–water partition coefficient (Wildman–Crippen LogP) is 2.39. The molecule has 0 radical (unpaired) electrons. The largest absolute Gasteiger partial charge is 0.396 e. The van der Waals surface area contributed by atoms with Crippen molar-refractivity contribution < 1.29 is 5.11 Å². The molecule has 100 valence electrons. The van der Waals surface area contributed by atoms with Crippen LogP contribution in [0.2, 0.25) is 5.02 Å². The number of aliphatic hydroxyl groups excluding tert-OH is 1. The van der Waals surface area contributed by atoms with Crippen molar-refractivity contribution in [2.75, 3.05) is 6.61 Å². The zero-order valence-electron chi connectivity index (χ0n) is 10.6. The van der Waals surface area contributed by atoms with Crippen molar-refractivity contribution in [3.8, 4) is 0 Å². The Hall–Kier alpha value is -1.39. The maximum absolute atomic E-state index is 9.38. The van der Waals surface area contributed by atoms with Crippen LogP contribution in [0.1, 0.15) is 36.0 Å². The first-order valence-electron chi connectivity index (χ1n) is 6.56. The highest BCUT2D eigenvalue weighted by Gasteiger charge is 2.23. The van der Waals surface area contributed by atoms with Crippen LogP contribution < -0.4 is 0 Å². The van der Waals surface area contributed by atoms with E-state index >= 15 is 0 Å². The van der Waals surface area contributed by atoms with Crippen LogP contribution in [0.3, 0.4) is 0 Å². The lowest BCUT2D eigenvalue weighted by Crippen LogP contribution is -2.19. The van der Waals surface area contributed by atoms with Gasteiger partial charge >= 0.3 is 0 Å². The maximum atomic E-state index is 9.38. The molecule has 1 aliphatic rings. The highest BCUT2D eigenvalue weighted by molar-refractivity contribution is 6.31. The Morgan fingerprint density at radius 1 is 1.37 bits per heavy atom. The maximum Gasteiger partial charge on any atom is 0.155 e. The summed E-state index contributed by atoms with van der Waals surface area (Å²) in [6.45, 7) is 1.03. The summed E-state index contributed by atoms with van der Waals surface area (Å²) >= 11 is 6.15. The van der Waals surface area contributed by atoms with Crippen molar-refractivity contribution >= 4 is 11.6 Å². The Kier molecular flexibility index (Phi) is 3.53. The van der Waals surface area contributed by atoms with Crippen LogP contribution in [0.4, 0.5) is 0 Å². The summed E-state index contributed by atoms with van der Waals surface area (Å²) < 4.78 is 1.93. The zero-order valence-corrected chi connectivity index (χ0v) is 11.3. The number of aromatic nitrogens is 3. The quantitative estimate of drug-likeness (QED) is 0.937. The SMILES string of the molecule is OCC1CCCn2nc(Cc3ccccc3Cl)nc21. The number of aryl methyl sites for hydroxylation is 1. The highest BCUT2D eigenvalue weighted by Crippen LogP contribution is 2.26. The monoisotopic (exact) mass is 277 g/mol. The number of hydrogen-bond acceptors (Lipinski definition) is 3. The summed E-state index contributed by atoms with van der Waals surface area (Å²) in [6.07, 6.45) is 2.67. The van der Waals surface area contributed by atoms with E-state index in [4.69, 9.17) is 11.6 Å². The molecule has 5 heteroatoms. The van der Waals surface area contributed by atoms with E-state index in [1.54, 1.807) is 0 Å². The molecule has 1 N–H and O–H groups in total. The molecule has 19 heavy (non-hydrogen) atoms. The minimum atomic E-state index is 0.126. The molecule has 0 fully saturated rings. The van der Waals surface area contributed by atoms with Crippen LogP contribution >= 0.6 is 11.6 Å². The molecule has 0 amide bonds. The number of fused-ring (bicyclic) bond motifs is 1. The van der Waals surface area contributed by atoms with Crippen LogP contribution in [-0.4, -0.2) is 26.5 Å². The van der Waals surface area contributed by atoms with Gasteiger partial charge in [-0.1, -0.05) is 29.8 Å². The van der Waals surface area contributed by atoms with Gasteiger partial charge in [-0.15, -0.1) is 0 Å². The first kappa shape index (κ1) is 12.6. The lowest BCUT2D eigenvalue weighted by Gasteiger charge is -2.19. The standard InChI is InChI=1S/C14H16ClN3O/c15-12-6-2-1-4-10(12)8-13-16-14-11(9-19)5-3-7-18(14)17-13/h1-2,4,6,11,19H,3,5,7-9H2. The number of halogens is 1. The van der Waals surface area contributed by atoms with Crippen LogP contribution in [-0.2, 0) is 13.0 Å². The van der Waals surface area contributed by atoms with Gasteiger partial charge in [0, 0.05) is 23.9 Å². The van der Waals surface area contributed by atoms with Gasteiger partial charge in [-0.05, 0) is 24.5 Å². The average Bonchev–Trinajstić information content (AvgIpc) is 2.83. The van der Waals surface area contributed by atoms with Gasteiger partial charge in [-0.3, -0.25) is 0 Å². The van der Waals surface area contributed by atoms with Crippen molar-refractivity contribution in [3.63, 3.8) is 0 Å². The Bertz CT molecular complexity index is 582. The van der Waals surface area contributed by atoms with Crippen molar-refractivity contribution in [1.29, 1.82) is 0 Å². The van der Waals surface area contributed by atoms with Gasteiger partial charge in [0.05, 0.1) is 6.61 Å². The van der Waals surface area contributed by atoms with Crippen LogP contribution in [0.25, 0.3) is 0 Å². The Morgan fingerprint density at radius 2 is 2.21 bits per heavy atom. The van der Waals surface area contributed by atoms with Gasteiger partial charge in [-0.2, -0.15) is 5.10 Å². The second-order valence-electron chi connectivity index (χ2n) is 4.90. The van der Waals surface area contributed by atoms with E-state index in [2.05, 4.69) is 10.1 Å². The van der Waals surface area contributed by atoms with Gasteiger partial charge in [0.2, 0.25) is 0 Å². The molecule has 2 heterocycles. The van der Waals surface area contributed by atoms with Crippen molar-refractivity contribution in [2.24, 2.45) is 0 Å². The summed E-state index contributed by atoms with van der Waals surface area (Å²) in [5, 5.41) is 14.6. The number of hydrogen-bond donors (Lipinski definition) is 1. The number of aliphatic hydroxyl groups is 1. The molecular formula is C14H16ClN3O. The number of nitrogens with zero attached hydrogens (tertiary/aromatic N) is 3. The molecule has 0 spiro atoms. The number of rotatable bonds is 3. The van der Waals surface area contributed by atoms with Crippen molar-refractivity contribution in [1.82, 2.24) is 14.8 Å². The van der Waals surface area contributed by atoms with Gasteiger partial charge in [0.25, 0.3) is 0 Å². The summed E-state index contributed by atoms with van der Waals surface area (Å²) in [6, 6.07) is 7.75. The van der Waals surface area contributed by atoms with Crippen LogP contribution in [0.15, 0.2) is 24.3 Å². The lowest BCUT2D eigenvalue weighted by molar-refractivity contribution is 0.234. The first-order chi connectivity index (χ1) is 9.28. The first-order valence-corrected chi connectivity index (χ1v) is 6.93. The third-order valence-electron chi connectivity index (χ3n) is 3.56. The highest BCUT2D eigenvalue weighted by atomic mass is 35.5. The molecule has 1 aliphatic heterocycles. The second-order valence-corrected chi connectivity index (χ2v) is 5.31. The van der Waals surface area contributed by atoms with Gasteiger partial charge in [0.15, 0.2) is 5.82 Å². The predicted molar refractivity (Wildman–Crippen MR) is 73.3 cm³/mol. The molecule has 0 saturated carbocycles. The minimum Gasteiger partial charge on any atom is -0.396 e. The van der Waals surface area contributed by atoms with Gasteiger partial charge < -0.3 is 5.11 Å². The lowest BCUT2D eigenvalue weighted by atomic mass is 10.0. The smallest absolute Gasteiger partial charge is 0.155 e. The minimum absolute atomic E-state index is 0.126. The Balaban J connectivity index is 1.87. The summed E-state index contributed by atoms with van der Waals surface area (Å²) in [5.74, 6) is 1.82. The molecular weight excluding hydrogens is 262 g/mol. The van der Waals surface area contributed by atoms with E-state index in [1.807, 2.05) is 28.9 Å². The summed E-state index contributed by atoms with van der Waals surface area (Å²) in [7, 11) is 0. The second kappa shape index (κ2) is 5.31. The molecule has 1 unspecified atom stereocenters. The van der Waals surface area contributed by atoms with E-state index in [0.29, 0.717) is 6.42 Å². The zero-order chi connectivity index (χ0) is 13.2. The van der Waals surface area contributed by atoms with E-state index in [0.717, 1.165) is 41.6 Å². The van der Waals surface area contributed by atoms with Gasteiger partial charge in [-0.25, -0.2) is 9.67 Å². The third kappa shape index (κ3) is 2.51. The average molecular weight is 278 g/mol. The molecule has 0 bridgehead atoms. The third-order valence-corrected chi connectivity index (χ3v) is 3.93. The van der Waals surface area contributed by atoms with Crippen LogP contribution in [0.5, 0.6) is 0 Å². The van der Waals surface area contributed by atoms with Crippen molar-refractivity contribution in [2.45, 2.75) is 31.7 Å². The fourth-order valence-electron chi connectivity index (χ4n) is 2.55. The molecule has 3 rings (SSSR count). The normalized spacial score (nSPS) is 18.3. The molecule has 1 atom stereocenters. The fraction of sp³-hybridized carbons (Fsp3) is 0.429. The molecule has 0 saturated heterocycles. The van der Waals surface area contributed by atoms with E-state index in [9.17, 15) is 5.11 Å². The summed E-state index contributed by atoms with van der Waals surface area (Å²) in [4.78, 5) is 4.57. The van der Waals surface area contributed by atoms with E-state index in [1.165, 1.54) is 0 Å². The number of benzene rings is 1. The molecule has 1 aromatic carbocycles. The van der Waals surface area contributed by atoms with Crippen LogP contribution in [0, 0.1) is 0 Å². The van der Waals surface area contributed by atoms with E-state index in [-0.39, 0.29) is 12.5 Å². The molecule has 4 nitrogen and oxygen atoms in total. The fourth-order valence-corrected chi connectivity index (χ4v) is 2.75. The Labute approximate surface area is 117 Å². The molecule has 0 aliphatic carbocycles. The molecule has 2 aromatic rings. The van der Waals surface area contributed by atoms with E-state index < -0.39 is 0 Å². The van der Waals surface area contributed by atoms with Gasteiger partial charge in [0.1, 0.15) is 5.82 Å². The molecule has 1 aromatic heterocycles. The van der Waals surface area contributed by atoms with Crippen molar-refractivity contribution in [3.05, 3.63) is 46.5 Å². The Morgan fingerprint density at radius 3 is 3.00 bits per heavy atom.